The zero-order chi connectivity index (χ0) is 8.93. The Bertz CT molecular complexity index is 365. The molecule has 0 radical (unpaired) electrons. The Kier molecular flexibility index (Phi) is 2.48. The lowest BCUT2D eigenvalue weighted by Crippen LogP contribution is -1.84. The van der Waals surface area contributed by atoms with E-state index in [9.17, 15) is 0 Å². The maximum absolute atomic E-state index is 3.74. The van der Waals surface area contributed by atoms with Gasteiger partial charge in [-0.2, -0.15) is 0 Å². The molecule has 2 aromatic rings. The Morgan fingerprint density at radius 2 is 2.00 bits per heavy atom. The Morgan fingerprint density at radius 1 is 1.15 bits per heavy atom. The zero-order valence-electron chi connectivity index (χ0n) is 6.15. The number of hydrogen-bond acceptors (Lipinski definition) is 8. The van der Waals surface area contributed by atoms with Gasteiger partial charge in [0.05, 0.1) is 0 Å². The lowest BCUT2D eigenvalue weighted by molar-refractivity contribution is 1.02. The standard InChI is InChI=1S/C4H3N7S2/c1-5-7-3(12-1)9-11-10-4-8-6-2-13-4/h1-2H,(H,7,8,9,10). The molecule has 2 heterocycles. The van der Waals surface area contributed by atoms with Crippen LogP contribution in [0.1, 0.15) is 0 Å². The quantitative estimate of drug-likeness (QED) is 0.616. The molecule has 13 heavy (non-hydrogen) atoms. The number of hydrogen-bond donors (Lipinski definition) is 1. The third kappa shape index (κ3) is 2.23. The Hall–Kier alpha value is -1.48. The Labute approximate surface area is 80.6 Å². The van der Waals surface area contributed by atoms with Crippen LogP contribution < -0.4 is 5.43 Å². The summed E-state index contributed by atoms with van der Waals surface area (Å²) < 4.78 is 0. The van der Waals surface area contributed by atoms with Crippen LogP contribution in [0.2, 0.25) is 0 Å². The smallest absolute Gasteiger partial charge is 0.232 e. The summed E-state index contributed by atoms with van der Waals surface area (Å²) in [5, 5.41) is 23.1. The van der Waals surface area contributed by atoms with E-state index in [-0.39, 0.29) is 0 Å². The first-order valence-corrected chi connectivity index (χ1v) is 4.90. The van der Waals surface area contributed by atoms with E-state index in [2.05, 4.69) is 36.2 Å². The maximum atomic E-state index is 3.74. The van der Waals surface area contributed by atoms with E-state index in [1.165, 1.54) is 22.7 Å². The van der Waals surface area contributed by atoms with E-state index >= 15 is 0 Å². The molecule has 0 saturated heterocycles. The fourth-order valence-corrected chi connectivity index (χ4v) is 1.30. The molecule has 0 aromatic carbocycles. The van der Waals surface area contributed by atoms with Crippen molar-refractivity contribution in [3.8, 4) is 0 Å². The summed E-state index contributed by atoms with van der Waals surface area (Å²) in [6.07, 6.45) is 0. The molecular weight excluding hydrogens is 210 g/mol. The van der Waals surface area contributed by atoms with Crippen molar-refractivity contribution in [2.24, 2.45) is 10.3 Å². The van der Waals surface area contributed by atoms with E-state index in [0.717, 1.165) is 0 Å². The molecule has 0 atom stereocenters. The predicted octanol–water partition coefficient (Wildman–Crippen LogP) is 1.50. The van der Waals surface area contributed by atoms with Gasteiger partial charge in [-0.15, -0.1) is 20.4 Å². The third-order valence-electron chi connectivity index (χ3n) is 0.990. The molecule has 0 unspecified atom stereocenters. The van der Waals surface area contributed by atoms with E-state index in [4.69, 9.17) is 0 Å². The molecular formula is C4H3N7S2. The van der Waals surface area contributed by atoms with Crippen molar-refractivity contribution in [2.45, 2.75) is 0 Å². The van der Waals surface area contributed by atoms with Crippen molar-refractivity contribution in [1.82, 2.24) is 20.4 Å². The number of nitrogens with zero attached hydrogens (tertiary/aromatic N) is 6. The fourth-order valence-electron chi connectivity index (χ4n) is 0.543. The van der Waals surface area contributed by atoms with Gasteiger partial charge >= 0.3 is 0 Å². The average molecular weight is 213 g/mol. The van der Waals surface area contributed by atoms with Crippen molar-refractivity contribution in [3.63, 3.8) is 0 Å². The van der Waals surface area contributed by atoms with Gasteiger partial charge in [0.1, 0.15) is 11.0 Å². The molecule has 0 fully saturated rings. The fraction of sp³-hybridized carbons (Fsp3) is 0. The first-order chi connectivity index (χ1) is 6.45. The number of rotatable bonds is 3. The molecule has 0 bridgehead atoms. The Morgan fingerprint density at radius 3 is 2.69 bits per heavy atom. The molecule has 9 heteroatoms. The normalized spacial score (nSPS) is 10.8. The zero-order valence-corrected chi connectivity index (χ0v) is 7.79. The maximum Gasteiger partial charge on any atom is 0.253 e. The molecule has 0 saturated carbocycles. The van der Waals surface area contributed by atoms with E-state index in [1.54, 1.807) is 11.0 Å². The minimum absolute atomic E-state index is 0.497. The van der Waals surface area contributed by atoms with E-state index in [1.807, 2.05) is 0 Å². The molecule has 0 aliphatic carbocycles. The van der Waals surface area contributed by atoms with Gasteiger partial charge in [0.15, 0.2) is 0 Å². The first-order valence-electron chi connectivity index (χ1n) is 3.14. The topological polar surface area (TPSA) is 88.3 Å². The van der Waals surface area contributed by atoms with Gasteiger partial charge in [0.25, 0.3) is 5.13 Å². The number of aromatic nitrogens is 4. The van der Waals surface area contributed by atoms with Crippen molar-refractivity contribution in [1.29, 1.82) is 0 Å². The van der Waals surface area contributed by atoms with Gasteiger partial charge in [-0.25, -0.2) is 5.43 Å². The summed E-state index contributed by atoms with van der Waals surface area (Å²) >= 11 is 2.65. The minimum Gasteiger partial charge on any atom is -0.232 e. The molecule has 2 rings (SSSR count). The van der Waals surface area contributed by atoms with Crippen LogP contribution in [0.5, 0.6) is 0 Å². The molecule has 7 nitrogen and oxygen atoms in total. The molecule has 1 N–H and O–H groups in total. The highest BCUT2D eigenvalue weighted by Gasteiger charge is 1.93. The largest absolute Gasteiger partial charge is 0.253 e. The van der Waals surface area contributed by atoms with Gasteiger partial charge < -0.3 is 0 Å². The second-order valence-corrected chi connectivity index (χ2v) is 3.42. The summed E-state index contributed by atoms with van der Waals surface area (Å²) in [6.45, 7) is 0. The van der Waals surface area contributed by atoms with Crippen LogP contribution in [0.15, 0.2) is 21.4 Å². The molecule has 66 valence electrons. The predicted molar refractivity (Wildman–Crippen MR) is 48.0 cm³/mol. The van der Waals surface area contributed by atoms with Crippen LogP contribution in [0.4, 0.5) is 10.3 Å². The van der Waals surface area contributed by atoms with Gasteiger partial charge in [-0.05, 0) is 0 Å². The first kappa shape index (κ1) is 8.13. The summed E-state index contributed by atoms with van der Waals surface area (Å²) in [6, 6.07) is 0. The summed E-state index contributed by atoms with van der Waals surface area (Å²) in [5.74, 6) is 0. The van der Waals surface area contributed by atoms with Gasteiger partial charge in [0, 0.05) is 0 Å². The lowest BCUT2D eigenvalue weighted by Gasteiger charge is -1.86. The monoisotopic (exact) mass is 213 g/mol. The van der Waals surface area contributed by atoms with Crippen LogP contribution in [0.25, 0.3) is 0 Å². The molecule has 2 aromatic heterocycles. The van der Waals surface area contributed by atoms with Gasteiger partial charge in [0.2, 0.25) is 5.13 Å². The minimum atomic E-state index is 0.497. The van der Waals surface area contributed by atoms with Crippen LogP contribution in [-0.2, 0) is 0 Å². The summed E-state index contributed by atoms with van der Waals surface area (Å²) in [5.41, 5.74) is 5.79. The molecule has 0 aliphatic heterocycles. The highest BCUT2D eigenvalue weighted by Crippen LogP contribution is 2.14. The molecule has 0 amide bonds. The highest BCUT2D eigenvalue weighted by atomic mass is 32.1. The molecule has 0 spiro atoms. The second kappa shape index (κ2) is 3.96. The van der Waals surface area contributed by atoms with Gasteiger partial charge in [-0.1, -0.05) is 33.0 Å². The van der Waals surface area contributed by atoms with Crippen LogP contribution in [0.3, 0.4) is 0 Å². The van der Waals surface area contributed by atoms with Gasteiger partial charge in [-0.3, -0.25) is 0 Å². The van der Waals surface area contributed by atoms with Crippen molar-refractivity contribution in [3.05, 3.63) is 11.0 Å². The lowest BCUT2D eigenvalue weighted by atomic mass is 11.3. The SMILES string of the molecule is c1nnc(N=NNc2nncs2)s1. The van der Waals surface area contributed by atoms with Crippen molar-refractivity contribution in [2.75, 3.05) is 5.43 Å². The molecule has 0 aliphatic rings. The second-order valence-electron chi connectivity index (χ2n) is 1.78. The number of nitrogens with one attached hydrogen (secondary N) is 1. The van der Waals surface area contributed by atoms with E-state index < -0.39 is 0 Å². The van der Waals surface area contributed by atoms with Crippen molar-refractivity contribution >= 4 is 32.9 Å². The van der Waals surface area contributed by atoms with E-state index in [0.29, 0.717) is 10.3 Å². The third-order valence-corrected chi connectivity index (χ3v) is 2.16. The van der Waals surface area contributed by atoms with Crippen LogP contribution >= 0.6 is 22.7 Å². The average Bonchev–Trinajstić information content (AvgIpc) is 2.75. The highest BCUT2D eigenvalue weighted by molar-refractivity contribution is 7.13. The van der Waals surface area contributed by atoms with Crippen LogP contribution in [0, 0.1) is 0 Å². The van der Waals surface area contributed by atoms with Crippen LogP contribution in [-0.4, -0.2) is 20.4 Å². The Balaban J connectivity index is 1.93. The summed E-state index contributed by atoms with van der Waals surface area (Å²) in [7, 11) is 0. The van der Waals surface area contributed by atoms with Crippen molar-refractivity contribution < 1.29 is 0 Å². The number of anilines is 1. The summed E-state index contributed by atoms with van der Waals surface area (Å²) in [4.78, 5) is 0.